The van der Waals surface area contributed by atoms with Crippen molar-refractivity contribution in [1.82, 2.24) is 19.3 Å². The Morgan fingerprint density at radius 2 is 1.80 bits per heavy atom. The molecule has 2 heterocycles. The van der Waals surface area contributed by atoms with E-state index in [1.165, 1.54) is 17.1 Å². The lowest BCUT2D eigenvalue weighted by Crippen LogP contribution is -2.33. The lowest BCUT2D eigenvalue weighted by atomic mass is 10.1. The van der Waals surface area contributed by atoms with Crippen LogP contribution in [-0.2, 0) is 11.3 Å². The van der Waals surface area contributed by atoms with Gasteiger partial charge in [0.1, 0.15) is 5.39 Å². The minimum absolute atomic E-state index is 0.0289. The second-order valence-corrected chi connectivity index (χ2v) is 7.05. The molecule has 0 saturated heterocycles. The van der Waals surface area contributed by atoms with Gasteiger partial charge in [-0.3, -0.25) is 14.2 Å². The van der Waals surface area contributed by atoms with Crippen LogP contribution in [0.15, 0.2) is 71.9 Å². The molecule has 1 amide bonds. The van der Waals surface area contributed by atoms with Crippen LogP contribution in [0.5, 0.6) is 0 Å². The molecule has 0 unspecified atom stereocenters. The molecule has 0 saturated carbocycles. The number of fused-ring (bicyclic) bond motifs is 1. The van der Waals surface area contributed by atoms with Gasteiger partial charge in [-0.15, -0.1) is 0 Å². The van der Waals surface area contributed by atoms with Gasteiger partial charge in [0.05, 0.1) is 18.2 Å². The monoisotopic (exact) mass is 401 g/mol. The number of hydrogen-bond acceptors (Lipinski definition) is 4. The molecule has 4 rings (SSSR count). The molecule has 152 valence electrons. The Hall–Kier alpha value is -3.74. The molecule has 30 heavy (non-hydrogen) atoms. The molecule has 0 aliphatic rings. The molecule has 0 bridgehead atoms. The van der Waals surface area contributed by atoms with E-state index in [4.69, 9.17) is 0 Å². The summed E-state index contributed by atoms with van der Waals surface area (Å²) in [7, 11) is 0. The van der Waals surface area contributed by atoms with Crippen LogP contribution in [0.2, 0.25) is 0 Å². The van der Waals surface area contributed by atoms with E-state index in [9.17, 15) is 9.59 Å². The molecule has 0 aliphatic carbocycles. The van der Waals surface area contributed by atoms with Crippen molar-refractivity contribution < 1.29 is 4.79 Å². The first-order valence-electron chi connectivity index (χ1n) is 9.94. The summed E-state index contributed by atoms with van der Waals surface area (Å²) in [5.74, 6) is -0.0289. The maximum atomic E-state index is 12.9. The van der Waals surface area contributed by atoms with Gasteiger partial charge in [0.2, 0.25) is 5.91 Å². The van der Waals surface area contributed by atoms with Gasteiger partial charge in [0.25, 0.3) is 5.56 Å². The largest absolute Gasteiger partial charge is 0.312 e. The molecule has 0 aliphatic heterocycles. The number of hydrogen-bond donors (Lipinski definition) is 0. The van der Waals surface area contributed by atoms with E-state index in [1.807, 2.05) is 68.4 Å². The molecule has 7 nitrogen and oxygen atoms in total. The standard InChI is InChI=1S/C23H23N5O2/c1-3-27(20-12-8-7-9-17(20)2)21(29)13-14-26-16-24-22-19(23(26)30)15-25-28(22)18-10-5-4-6-11-18/h4-12,15-16H,3,13-14H2,1-2H3. The van der Waals surface area contributed by atoms with Crippen molar-refractivity contribution in [2.75, 3.05) is 11.4 Å². The first-order chi connectivity index (χ1) is 14.6. The molecule has 7 heteroatoms. The second-order valence-electron chi connectivity index (χ2n) is 7.05. The molecule has 0 fully saturated rings. The van der Waals surface area contributed by atoms with E-state index in [0.717, 1.165) is 16.9 Å². The summed E-state index contributed by atoms with van der Waals surface area (Å²) < 4.78 is 3.12. The number of aromatic nitrogens is 4. The van der Waals surface area contributed by atoms with Crippen molar-refractivity contribution in [3.63, 3.8) is 0 Å². The molecule has 0 spiro atoms. The summed E-state index contributed by atoms with van der Waals surface area (Å²) in [4.78, 5) is 31.9. The lowest BCUT2D eigenvalue weighted by Gasteiger charge is -2.23. The Morgan fingerprint density at radius 1 is 1.07 bits per heavy atom. The van der Waals surface area contributed by atoms with Crippen LogP contribution in [0.1, 0.15) is 18.9 Å². The van der Waals surface area contributed by atoms with Crippen molar-refractivity contribution in [2.24, 2.45) is 0 Å². The van der Waals surface area contributed by atoms with Crippen LogP contribution in [0.25, 0.3) is 16.7 Å². The highest BCUT2D eigenvalue weighted by molar-refractivity contribution is 5.94. The number of carbonyl (C=O) groups excluding carboxylic acids is 1. The number of para-hydroxylation sites is 2. The Balaban J connectivity index is 1.56. The van der Waals surface area contributed by atoms with Crippen molar-refractivity contribution in [2.45, 2.75) is 26.8 Å². The molecule has 2 aromatic carbocycles. The van der Waals surface area contributed by atoms with Crippen LogP contribution in [-0.4, -0.2) is 31.8 Å². The Labute approximate surface area is 174 Å². The fraction of sp³-hybridized carbons (Fsp3) is 0.217. The summed E-state index contributed by atoms with van der Waals surface area (Å²) in [6.07, 6.45) is 3.23. The fourth-order valence-electron chi connectivity index (χ4n) is 3.56. The van der Waals surface area contributed by atoms with Gasteiger partial charge in [0, 0.05) is 25.2 Å². The SMILES string of the molecule is CCN(C(=O)CCn1cnc2c(cnn2-c2ccccc2)c1=O)c1ccccc1C. The first-order valence-corrected chi connectivity index (χ1v) is 9.94. The van der Waals surface area contributed by atoms with Crippen LogP contribution in [0, 0.1) is 6.92 Å². The van der Waals surface area contributed by atoms with Gasteiger partial charge in [-0.05, 0) is 37.6 Å². The number of aryl methyl sites for hydroxylation is 2. The smallest absolute Gasteiger partial charge is 0.264 e. The highest BCUT2D eigenvalue weighted by atomic mass is 16.2. The summed E-state index contributed by atoms with van der Waals surface area (Å²) in [5.41, 5.74) is 3.08. The summed E-state index contributed by atoms with van der Waals surface area (Å²) >= 11 is 0. The zero-order valence-corrected chi connectivity index (χ0v) is 17.0. The number of amides is 1. The normalized spacial score (nSPS) is 11.0. The van der Waals surface area contributed by atoms with Gasteiger partial charge >= 0.3 is 0 Å². The summed E-state index contributed by atoms with van der Waals surface area (Å²) in [6, 6.07) is 17.3. The van der Waals surface area contributed by atoms with Crippen LogP contribution >= 0.6 is 0 Å². The number of nitrogens with zero attached hydrogens (tertiary/aromatic N) is 5. The maximum Gasteiger partial charge on any atom is 0.264 e. The number of anilines is 1. The molecule has 0 N–H and O–H groups in total. The summed E-state index contributed by atoms with van der Waals surface area (Å²) in [6.45, 7) is 4.76. The van der Waals surface area contributed by atoms with Crippen molar-refractivity contribution in [3.05, 3.63) is 83.0 Å². The molecule has 0 atom stereocenters. The second kappa shape index (κ2) is 8.32. The van der Waals surface area contributed by atoms with Gasteiger partial charge < -0.3 is 4.90 Å². The van der Waals surface area contributed by atoms with Crippen LogP contribution < -0.4 is 10.5 Å². The minimum atomic E-state index is -0.200. The number of carbonyl (C=O) groups is 1. The Morgan fingerprint density at radius 3 is 2.53 bits per heavy atom. The van der Waals surface area contributed by atoms with Gasteiger partial charge in [-0.1, -0.05) is 36.4 Å². The van der Waals surface area contributed by atoms with Gasteiger partial charge in [-0.25, -0.2) is 9.67 Å². The molecule has 0 radical (unpaired) electrons. The molecule has 2 aromatic heterocycles. The van der Waals surface area contributed by atoms with E-state index < -0.39 is 0 Å². The summed E-state index contributed by atoms with van der Waals surface area (Å²) in [5, 5.41) is 4.75. The molecule has 4 aromatic rings. The van der Waals surface area contributed by atoms with Gasteiger partial charge in [-0.2, -0.15) is 5.10 Å². The van der Waals surface area contributed by atoms with E-state index >= 15 is 0 Å². The Kier molecular flexibility index (Phi) is 5.43. The van der Waals surface area contributed by atoms with E-state index in [1.54, 1.807) is 9.58 Å². The number of rotatable bonds is 6. The van der Waals surface area contributed by atoms with E-state index in [-0.39, 0.29) is 24.4 Å². The molecular formula is C23H23N5O2. The number of benzene rings is 2. The third-order valence-corrected chi connectivity index (χ3v) is 5.15. The molecular weight excluding hydrogens is 378 g/mol. The minimum Gasteiger partial charge on any atom is -0.312 e. The predicted molar refractivity (Wildman–Crippen MR) is 117 cm³/mol. The lowest BCUT2D eigenvalue weighted by molar-refractivity contribution is -0.118. The van der Waals surface area contributed by atoms with E-state index in [0.29, 0.717) is 17.6 Å². The maximum absolute atomic E-state index is 12.9. The van der Waals surface area contributed by atoms with Crippen molar-refractivity contribution >= 4 is 22.6 Å². The third-order valence-electron chi connectivity index (χ3n) is 5.15. The average molecular weight is 401 g/mol. The quantitative estimate of drug-likeness (QED) is 0.497. The van der Waals surface area contributed by atoms with Crippen molar-refractivity contribution in [3.8, 4) is 5.69 Å². The predicted octanol–water partition coefficient (Wildman–Crippen LogP) is 3.33. The highest BCUT2D eigenvalue weighted by Gasteiger charge is 2.17. The zero-order chi connectivity index (χ0) is 21.1. The third kappa shape index (κ3) is 3.61. The van der Waals surface area contributed by atoms with Crippen LogP contribution in [0.4, 0.5) is 5.69 Å². The average Bonchev–Trinajstić information content (AvgIpc) is 3.21. The highest BCUT2D eigenvalue weighted by Crippen LogP contribution is 2.20. The zero-order valence-electron chi connectivity index (χ0n) is 17.0. The first kappa shape index (κ1) is 19.6. The van der Waals surface area contributed by atoms with Crippen molar-refractivity contribution in [1.29, 1.82) is 0 Å². The van der Waals surface area contributed by atoms with Crippen LogP contribution in [0.3, 0.4) is 0 Å². The Bertz CT molecular complexity index is 1240. The topological polar surface area (TPSA) is 73.0 Å². The fourth-order valence-corrected chi connectivity index (χ4v) is 3.56. The van der Waals surface area contributed by atoms with E-state index in [2.05, 4.69) is 10.1 Å². The van der Waals surface area contributed by atoms with Gasteiger partial charge in [0.15, 0.2) is 5.65 Å².